The van der Waals surface area contributed by atoms with E-state index in [1.165, 1.54) is 0 Å². The first-order valence-corrected chi connectivity index (χ1v) is 3.83. The van der Waals surface area contributed by atoms with Crippen LogP contribution in [0.25, 0.3) is 0 Å². The van der Waals surface area contributed by atoms with E-state index in [4.69, 9.17) is 9.84 Å². The second-order valence-electron chi connectivity index (χ2n) is 2.65. The van der Waals surface area contributed by atoms with Crippen molar-refractivity contribution in [2.75, 3.05) is 13.2 Å². The summed E-state index contributed by atoms with van der Waals surface area (Å²) >= 11 is 0. The lowest BCUT2D eigenvalue weighted by molar-refractivity contribution is -0.150. The zero-order valence-electron chi connectivity index (χ0n) is 6.58. The predicted octanol–water partition coefficient (Wildman–Crippen LogP) is -0.634. The van der Waals surface area contributed by atoms with E-state index < -0.39 is 11.9 Å². The molecule has 2 N–H and O–H groups in total. The first kappa shape index (κ1) is 8.99. The van der Waals surface area contributed by atoms with E-state index in [0.29, 0.717) is 13.2 Å². The number of carboxylic acid groups (broad SMARTS) is 1. The quantitative estimate of drug-likeness (QED) is 0.545. The zero-order valence-corrected chi connectivity index (χ0v) is 6.58. The number of carbonyl (C=O) groups excluding carboxylic acids is 1. The SMILES string of the molecule is O=C(O)C(=O)NC[C@H]1CCCO1. The maximum atomic E-state index is 10.5. The van der Waals surface area contributed by atoms with Crippen molar-refractivity contribution in [2.45, 2.75) is 18.9 Å². The van der Waals surface area contributed by atoms with Gasteiger partial charge in [-0.3, -0.25) is 4.79 Å². The van der Waals surface area contributed by atoms with Gasteiger partial charge in [-0.25, -0.2) is 4.79 Å². The number of ether oxygens (including phenoxy) is 1. The average molecular weight is 173 g/mol. The second kappa shape index (κ2) is 4.06. The highest BCUT2D eigenvalue weighted by Crippen LogP contribution is 2.10. The van der Waals surface area contributed by atoms with Crippen LogP contribution in [0.15, 0.2) is 0 Å². The molecule has 0 bridgehead atoms. The van der Waals surface area contributed by atoms with Crippen LogP contribution in [0, 0.1) is 0 Å². The van der Waals surface area contributed by atoms with Crippen LogP contribution in [-0.4, -0.2) is 36.2 Å². The molecule has 1 aliphatic rings. The monoisotopic (exact) mass is 173 g/mol. The number of carboxylic acids is 1. The molecule has 0 aromatic rings. The summed E-state index contributed by atoms with van der Waals surface area (Å²) in [5.41, 5.74) is 0. The topological polar surface area (TPSA) is 75.6 Å². The number of carbonyl (C=O) groups is 2. The van der Waals surface area contributed by atoms with Gasteiger partial charge in [0.2, 0.25) is 0 Å². The van der Waals surface area contributed by atoms with Crippen molar-refractivity contribution in [3.05, 3.63) is 0 Å². The van der Waals surface area contributed by atoms with Crippen molar-refractivity contribution in [3.63, 3.8) is 0 Å². The summed E-state index contributed by atoms with van der Waals surface area (Å²) in [6, 6.07) is 0. The van der Waals surface area contributed by atoms with Crippen molar-refractivity contribution in [2.24, 2.45) is 0 Å². The Hall–Kier alpha value is -1.10. The number of amides is 1. The summed E-state index contributed by atoms with van der Waals surface area (Å²) in [5.74, 6) is -2.42. The van der Waals surface area contributed by atoms with Crippen molar-refractivity contribution in [1.82, 2.24) is 5.32 Å². The van der Waals surface area contributed by atoms with Crippen LogP contribution < -0.4 is 5.32 Å². The van der Waals surface area contributed by atoms with E-state index in [2.05, 4.69) is 5.32 Å². The molecule has 0 radical (unpaired) electrons. The van der Waals surface area contributed by atoms with Crippen LogP contribution in [0.1, 0.15) is 12.8 Å². The normalized spacial score (nSPS) is 22.2. The maximum Gasteiger partial charge on any atom is 0.394 e. The van der Waals surface area contributed by atoms with Crippen molar-refractivity contribution >= 4 is 11.9 Å². The molecule has 5 nitrogen and oxygen atoms in total. The van der Waals surface area contributed by atoms with Crippen LogP contribution in [0.5, 0.6) is 0 Å². The molecular formula is C7H11NO4. The summed E-state index contributed by atoms with van der Waals surface area (Å²) < 4.78 is 5.18. The third-order valence-corrected chi connectivity index (χ3v) is 1.71. The number of aliphatic carboxylic acids is 1. The van der Waals surface area contributed by atoms with Gasteiger partial charge in [0, 0.05) is 13.2 Å². The third kappa shape index (κ3) is 2.50. The van der Waals surface area contributed by atoms with E-state index in [-0.39, 0.29) is 6.10 Å². The molecule has 1 saturated heterocycles. The predicted molar refractivity (Wildman–Crippen MR) is 39.6 cm³/mol. The molecule has 1 atom stereocenters. The fourth-order valence-corrected chi connectivity index (χ4v) is 1.09. The lowest BCUT2D eigenvalue weighted by Gasteiger charge is -2.08. The molecule has 68 valence electrons. The maximum absolute atomic E-state index is 10.5. The second-order valence-corrected chi connectivity index (χ2v) is 2.65. The van der Waals surface area contributed by atoms with Crippen molar-refractivity contribution in [3.8, 4) is 0 Å². The van der Waals surface area contributed by atoms with Crippen LogP contribution in [0.3, 0.4) is 0 Å². The zero-order chi connectivity index (χ0) is 8.97. The Morgan fingerprint density at radius 3 is 2.83 bits per heavy atom. The smallest absolute Gasteiger partial charge is 0.394 e. The first-order valence-electron chi connectivity index (χ1n) is 3.83. The molecule has 12 heavy (non-hydrogen) atoms. The largest absolute Gasteiger partial charge is 0.474 e. The molecule has 1 heterocycles. The fraction of sp³-hybridized carbons (Fsp3) is 0.714. The molecule has 0 aliphatic carbocycles. The lowest BCUT2D eigenvalue weighted by atomic mass is 10.2. The van der Waals surface area contributed by atoms with Crippen molar-refractivity contribution in [1.29, 1.82) is 0 Å². The van der Waals surface area contributed by atoms with Crippen molar-refractivity contribution < 1.29 is 19.4 Å². The van der Waals surface area contributed by atoms with E-state index in [1.54, 1.807) is 0 Å². The summed E-state index contributed by atoms with van der Waals surface area (Å²) in [5, 5.41) is 10.5. The van der Waals surface area contributed by atoms with Crippen LogP contribution >= 0.6 is 0 Å². The van der Waals surface area contributed by atoms with Crippen LogP contribution in [-0.2, 0) is 14.3 Å². The van der Waals surface area contributed by atoms with Gasteiger partial charge >= 0.3 is 11.9 Å². The molecule has 1 fully saturated rings. The third-order valence-electron chi connectivity index (χ3n) is 1.71. The molecule has 1 amide bonds. The van der Waals surface area contributed by atoms with Gasteiger partial charge in [0.1, 0.15) is 0 Å². The van der Waals surface area contributed by atoms with E-state index in [0.717, 1.165) is 12.8 Å². The van der Waals surface area contributed by atoms with Gasteiger partial charge < -0.3 is 15.2 Å². The molecule has 0 unspecified atom stereocenters. The summed E-state index contributed by atoms with van der Waals surface area (Å²) in [6.45, 7) is 0.999. The minimum atomic E-state index is -1.45. The van der Waals surface area contributed by atoms with Gasteiger partial charge in [-0.05, 0) is 12.8 Å². The molecule has 1 aliphatic heterocycles. The molecule has 0 spiro atoms. The Balaban J connectivity index is 2.16. The minimum absolute atomic E-state index is 0.00620. The van der Waals surface area contributed by atoms with Gasteiger partial charge in [-0.2, -0.15) is 0 Å². The molecule has 0 aromatic heterocycles. The first-order chi connectivity index (χ1) is 5.70. The average Bonchev–Trinajstić information content (AvgIpc) is 2.51. The Kier molecular flexibility index (Phi) is 3.04. The summed E-state index contributed by atoms with van der Waals surface area (Å²) in [4.78, 5) is 20.6. The lowest BCUT2D eigenvalue weighted by Crippen LogP contribution is -2.36. The van der Waals surface area contributed by atoms with Gasteiger partial charge in [0.25, 0.3) is 0 Å². The van der Waals surface area contributed by atoms with Crippen LogP contribution in [0.4, 0.5) is 0 Å². The van der Waals surface area contributed by atoms with Crippen LogP contribution in [0.2, 0.25) is 0 Å². The number of rotatable bonds is 2. The van der Waals surface area contributed by atoms with E-state index in [1.807, 2.05) is 0 Å². The van der Waals surface area contributed by atoms with Gasteiger partial charge in [-0.15, -0.1) is 0 Å². The number of hydrogen-bond acceptors (Lipinski definition) is 3. The molecule has 0 aromatic carbocycles. The summed E-state index contributed by atoms with van der Waals surface area (Å²) in [6.07, 6.45) is 1.86. The number of hydrogen-bond donors (Lipinski definition) is 2. The van der Waals surface area contributed by atoms with Gasteiger partial charge in [0.05, 0.1) is 6.10 Å². The van der Waals surface area contributed by atoms with E-state index in [9.17, 15) is 9.59 Å². The Bertz CT molecular complexity index is 186. The fourth-order valence-electron chi connectivity index (χ4n) is 1.09. The highest BCUT2D eigenvalue weighted by atomic mass is 16.5. The Labute approximate surface area is 69.7 Å². The molecule has 5 heteroatoms. The van der Waals surface area contributed by atoms with Gasteiger partial charge in [-0.1, -0.05) is 0 Å². The highest BCUT2D eigenvalue weighted by molar-refractivity contribution is 6.31. The Morgan fingerprint density at radius 2 is 2.33 bits per heavy atom. The highest BCUT2D eigenvalue weighted by Gasteiger charge is 2.18. The van der Waals surface area contributed by atoms with Gasteiger partial charge in [0.15, 0.2) is 0 Å². The molecule has 1 rings (SSSR count). The number of nitrogens with one attached hydrogen (secondary N) is 1. The minimum Gasteiger partial charge on any atom is -0.474 e. The molecular weight excluding hydrogens is 162 g/mol. The standard InChI is InChI=1S/C7H11NO4/c9-6(7(10)11)8-4-5-2-1-3-12-5/h5H,1-4H2,(H,8,9)(H,10,11)/t5-/m1/s1. The Morgan fingerprint density at radius 1 is 1.58 bits per heavy atom. The van der Waals surface area contributed by atoms with E-state index >= 15 is 0 Å². The molecule has 0 saturated carbocycles. The summed E-state index contributed by atoms with van der Waals surface area (Å²) in [7, 11) is 0.